The van der Waals surface area contributed by atoms with Gasteiger partial charge in [0.15, 0.2) is 0 Å². The molecule has 2 nitrogen and oxygen atoms in total. The summed E-state index contributed by atoms with van der Waals surface area (Å²) in [5, 5.41) is 12.8. The SMILES string of the molecule is c1ccc(N(c2ccc3c(c2)sc2ccccc23)c2ccc3c(c2)sc2ccc(N(c4ccccc4)c4ccc5c(c4)cc(Cc4ccc6ccccc6c4)c4ccccc45)cc23)cc1. The highest BCUT2D eigenvalue weighted by Crippen LogP contribution is 2.45. The van der Waals surface area contributed by atoms with E-state index in [1.807, 2.05) is 22.7 Å². The van der Waals surface area contributed by atoms with Gasteiger partial charge in [-0.15, -0.1) is 22.7 Å². The van der Waals surface area contributed by atoms with E-state index in [1.54, 1.807) is 0 Å². The van der Waals surface area contributed by atoms with Gasteiger partial charge in [0.25, 0.3) is 0 Å². The summed E-state index contributed by atoms with van der Waals surface area (Å²) in [5.74, 6) is 0. The lowest BCUT2D eigenvalue weighted by Crippen LogP contribution is -2.09. The Bertz CT molecular complexity index is 3940. The second kappa shape index (κ2) is 15.5. The summed E-state index contributed by atoms with van der Waals surface area (Å²) in [7, 11) is 0. The molecule has 0 aliphatic carbocycles. The third kappa shape index (κ3) is 6.61. The van der Waals surface area contributed by atoms with Gasteiger partial charge in [-0.05, 0) is 135 Å². The topological polar surface area (TPSA) is 6.48 Å². The summed E-state index contributed by atoms with van der Waals surface area (Å²) in [6.45, 7) is 0. The van der Waals surface area contributed by atoms with Crippen LogP contribution in [0.2, 0.25) is 0 Å². The molecule has 13 rings (SSSR count). The van der Waals surface area contributed by atoms with Crippen molar-refractivity contribution >= 4 is 129 Å². The summed E-state index contributed by atoms with van der Waals surface area (Å²) >= 11 is 3.73. The maximum atomic E-state index is 2.42. The Balaban J connectivity index is 0.912. The molecule has 0 spiro atoms. The van der Waals surface area contributed by atoms with Crippen molar-refractivity contribution in [1.29, 1.82) is 0 Å². The highest BCUT2D eigenvalue weighted by molar-refractivity contribution is 7.26. The molecule has 0 bridgehead atoms. The van der Waals surface area contributed by atoms with Gasteiger partial charge in [-0.25, -0.2) is 0 Å². The Hall–Kier alpha value is -7.76. The molecule has 0 amide bonds. The second-order valence-electron chi connectivity index (χ2n) is 16.9. The van der Waals surface area contributed by atoms with Crippen molar-refractivity contribution < 1.29 is 0 Å². The van der Waals surface area contributed by atoms with Crippen molar-refractivity contribution in [3.63, 3.8) is 0 Å². The number of benzene rings is 11. The molecule has 0 aliphatic rings. The maximum absolute atomic E-state index is 2.42. The standard InChI is InChI=1S/C61H40N2S2/c1-3-15-45(16-4-1)62(47-25-29-52-44(36-47)35-43(51-19-9-10-20-53(51)52)34-40-23-24-41-13-7-8-14-42(41)33-40)48-28-32-59-57(37-48)56-31-27-50(39-61(56)65-59)63(46-17-5-2-6-18-46)49-26-30-55-54-21-11-12-22-58(54)64-60(55)38-49/h1-33,35-39H,34H2. The van der Waals surface area contributed by atoms with Gasteiger partial charge in [0, 0.05) is 74.5 Å². The van der Waals surface area contributed by atoms with Crippen LogP contribution in [0.5, 0.6) is 0 Å². The smallest absolute Gasteiger partial charge is 0.0476 e. The summed E-state index contributed by atoms with van der Waals surface area (Å²) in [4.78, 5) is 4.81. The van der Waals surface area contributed by atoms with Gasteiger partial charge in [0.05, 0.1) is 0 Å². The molecule has 0 radical (unpaired) electrons. The molecule has 0 N–H and O–H groups in total. The van der Waals surface area contributed by atoms with Crippen LogP contribution in [0, 0.1) is 0 Å². The Morgan fingerprint density at radius 3 is 1.48 bits per heavy atom. The number of hydrogen-bond donors (Lipinski definition) is 0. The first-order valence-electron chi connectivity index (χ1n) is 22.2. The zero-order valence-electron chi connectivity index (χ0n) is 35.4. The molecule has 0 atom stereocenters. The van der Waals surface area contributed by atoms with Crippen LogP contribution >= 0.6 is 22.7 Å². The zero-order chi connectivity index (χ0) is 42.8. The lowest BCUT2D eigenvalue weighted by Gasteiger charge is -2.26. The number of fused-ring (bicyclic) bond motifs is 10. The molecule has 13 aromatic rings. The first-order chi connectivity index (χ1) is 32.2. The third-order valence-corrected chi connectivity index (χ3v) is 15.3. The number of rotatable bonds is 8. The van der Waals surface area contributed by atoms with E-state index in [0.29, 0.717) is 0 Å². The van der Waals surface area contributed by atoms with Crippen molar-refractivity contribution in [3.05, 3.63) is 242 Å². The molecule has 2 aromatic heterocycles. The van der Waals surface area contributed by atoms with Crippen LogP contribution in [0.25, 0.3) is 72.7 Å². The predicted octanol–water partition coefficient (Wildman–Crippen LogP) is 18.4. The molecular weight excluding hydrogens is 825 g/mol. The van der Waals surface area contributed by atoms with Crippen molar-refractivity contribution in [2.24, 2.45) is 0 Å². The van der Waals surface area contributed by atoms with Gasteiger partial charge in [-0.2, -0.15) is 0 Å². The van der Waals surface area contributed by atoms with E-state index in [2.05, 4.69) is 240 Å². The van der Waals surface area contributed by atoms with E-state index in [0.717, 1.165) is 40.5 Å². The average molecular weight is 865 g/mol. The molecular formula is C61H40N2S2. The first kappa shape index (κ1) is 37.8. The minimum Gasteiger partial charge on any atom is -0.310 e. The van der Waals surface area contributed by atoms with Crippen LogP contribution in [-0.4, -0.2) is 0 Å². The van der Waals surface area contributed by atoms with Crippen LogP contribution in [0.3, 0.4) is 0 Å². The Morgan fingerprint density at radius 2 is 0.769 bits per heavy atom. The first-order valence-corrected chi connectivity index (χ1v) is 23.8. The van der Waals surface area contributed by atoms with E-state index >= 15 is 0 Å². The van der Waals surface area contributed by atoms with Gasteiger partial charge in [-0.3, -0.25) is 0 Å². The number of thiophene rings is 2. The molecule has 0 aliphatic heterocycles. The lowest BCUT2D eigenvalue weighted by atomic mass is 9.92. The normalized spacial score (nSPS) is 11.8. The minimum atomic E-state index is 0.863. The van der Waals surface area contributed by atoms with E-state index < -0.39 is 0 Å². The third-order valence-electron chi connectivity index (χ3n) is 13.0. The summed E-state index contributed by atoms with van der Waals surface area (Å²) < 4.78 is 5.15. The number of para-hydroxylation sites is 2. The van der Waals surface area contributed by atoms with E-state index in [-0.39, 0.29) is 0 Å². The minimum absolute atomic E-state index is 0.863. The summed E-state index contributed by atoms with van der Waals surface area (Å²) in [5.41, 5.74) is 9.48. The maximum Gasteiger partial charge on any atom is 0.0476 e. The fraction of sp³-hybridized carbons (Fsp3) is 0.0164. The van der Waals surface area contributed by atoms with Crippen molar-refractivity contribution in [2.75, 3.05) is 9.80 Å². The van der Waals surface area contributed by atoms with Crippen molar-refractivity contribution in [2.45, 2.75) is 6.42 Å². The molecule has 0 fully saturated rings. The van der Waals surface area contributed by atoms with Gasteiger partial charge in [0.2, 0.25) is 0 Å². The van der Waals surface area contributed by atoms with E-state index in [9.17, 15) is 0 Å². The van der Waals surface area contributed by atoms with Crippen molar-refractivity contribution in [3.8, 4) is 0 Å². The van der Waals surface area contributed by atoms with E-state index in [1.165, 1.54) is 83.8 Å². The molecule has 65 heavy (non-hydrogen) atoms. The fourth-order valence-electron chi connectivity index (χ4n) is 9.97. The Labute approximate surface area is 385 Å². The predicted molar refractivity (Wildman–Crippen MR) is 283 cm³/mol. The molecule has 11 aromatic carbocycles. The van der Waals surface area contributed by atoms with Gasteiger partial charge in [0.1, 0.15) is 0 Å². The molecule has 2 heterocycles. The molecule has 0 saturated carbocycles. The summed E-state index contributed by atoms with van der Waals surface area (Å²) in [6.07, 6.45) is 0.863. The second-order valence-corrected chi connectivity index (χ2v) is 19.1. The quantitative estimate of drug-likeness (QED) is 0.140. The molecule has 4 heteroatoms. The Kier molecular flexibility index (Phi) is 9.00. The van der Waals surface area contributed by atoms with Crippen LogP contribution in [0.4, 0.5) is 34.1 Å². The van der Waals surface area contributed by atoms with E-state index in [4.69, 9.17) is 0 Å². The van der Waals surface area contributed by atoms with Crippen LogP contribution < -0.4 is 9.80 Å². The lowest BCUT2D eigenvalue weighted by molar-refractivity contribution is 1.23. The average Bonchev–Trinajstić information content (AvgIpc) is 3.92. The van der Waals surface area contributed by atoms with Gasteiger partial charge >= 0.3 is 0 Å². The largest absolute Gasteiger partial charge is 0.310 e. The summed E-state index contributed by atoms with van der Waals surface area (Å²) in [6, 6.07) is 85.0. The number of nitrogens with zero attached hydrogens (tertiary/aromatic N) is 2. The number of anilines is 6. The van der Waals surface area contributed by atoms with Crippen LogP contribution in [-0.2, 0) is 6.42 Å². The highest BCUT2D eigenvalue weighted by atomic mass is 32.1. The molecule has 0 unspecified atom stereocenters. The Morgan fingerprint density at radius 1 is 0.262 bits per heavy atom. The van der Waals surface area contributed by atoms with Crippen LogP contribution in [0.15, 0.2) is 231 Å². The molecule has 306 valence electrons. The monoisotopic (exact) mass is 864 g/mol. The fourth-order valence-corrected chi connectivity index (χ4v) is 12.2. The van der Waals surface area contributed by atoms with Crippen molar-refractivity contribution in [1.82, 2.24) is 0 Å². The highest BCUT2D eigenvalue weighted by Gasteiger charge is 2.19. The zero-order valence-corrected chi connectivity index (χ0v) is 37.0. The van der Waals surface area contributed by atoms with Crippen LogP contribution in [0.1, 0.15) is 11.1 Å². The number of hydrogen-bond acceptors (Lipinski definition) is 4. The van der Waals surface area contributed by atoms with Gasteiger partial charge < -0.3 is 9.80 Å². The molecule has 0 saturated heterocycles. The van der Waals surface area contributed by atoms with Gasteiger partial charge in [-0.1, -0.05) is 146 Å².